The summed E-state index contributed by atoms with van der Waals surface area (Å²) < 4.78 is 1.32. The lowest BCUT2D eigenvalue weighted by molar-refractivity contribution is 0.0938. The first-order valence-electron chi connectivity index (χ1n) is 9.35. The summed E-state index contributed by atoms with van der Waals surface area (Å²) in [6, 6.07) is 12.8. The van der Waals surface area contributed by atoms with Crippen LogP contribution in [0.3, 0.4) is 0 Å². The van der Waals surface area contributed by atoms with E-state index in [1.54, 1.807) is 24.3 Å². The van der Waals surface area contributed by atoms with Crippen LogP contribution < -0.4 is 21.7 Å². The van der Waals surface area contributed by atoms with Crippen molar-refractivity contribution in [3.63, 3.8) is 0 Å². The van der Waals surface area contributed by atoms with Crippen LogP contribution in [0.15, 0.2) is 47.3 Å². The molecule has 1 aromatic heterocycles. The molecule has 0 aliphatic heterocycles. The van der Waals surface area contributed by atoms with Crippen molar-refractivity contribution >= 4 is 39.7 Å². The number of benzene rings is 2. The standard InChI is InChI=1S/C21H23N5O2S/c1-4-11-26-20(28)17-8-6-5-7-16(17)18(25-26)19(27)23-24-21(29)22-15-10-9-13(2)14(3)12-15/h5-10,12H,4,11H2,1-3H3,(H,23,27)(H2,22,24,29). The summed E-state index contributed by atoms with van der Waals surface area (Å²) in [5.41, 5.74) is 8.33. The quantitative estimate of drug-likeness (QED) is 0.453. The number of hydrogen-bond acceptors (Lipinski definition) is 4. The van der Waals surface area contributed by atoms with E-state index in [0.717, 1.165) is 17.7 Å². The number of nitrogens with one attached hydrogen (secondary N) is 3. The normalized spacial score (nSPS) is 10.6. The maximum absolute atomic E-state index is 12.7. The molecule has 3 rings (SSSR count). The second-order valence-electron chi connectivity index (χ2n) is 6.75. The van der Waals surface area contributed by atoms with E-state index in [1.807, 2.05) is 39.0 Å². The average molecular weight is 410 g/mol. The Hall–Kier alpha value is -3.26. The Morgan fingerprint density at radius 3 is 2.48 bits per heavy atom. The van der Waals surface area contributed by atoms with Gasteiger partial charge in [-0.15, -0.1) is 0 Å². The summed E-state index contributed by atoms with van der Waals surface area (Å²) in [4.78, 5) is 25.3. The molecule has 0 bridgehead atoms. The van der Waals surface area contributed by atoms with Gasteiger partial charge >= 0.3 is 0 Å². The molecule has 7 nitrogen and oxygen atoms in total. The third kappa shape index (κ3) is 4.60. The maximum atomic E-state index is 12.7. The lowest BCUT2D eigenvalue weighted by Crippen LogP contribution is -2.44. The Kier molecular flexibility index (Phi) is 6.23. The summed E-state index contributed by atoms with van der Waals surface area (Å²) in [7, 11) is 0. The number of hydrazine groups is 1. The zero-order valence-electron chi connectivity index (χ0n) is 16.6. The number of aromatic nitrogens is 2. The highest BCUT2D eigenvalue weighted by atomic mass is 32.1. The molecule has 0 aliphatic rings. The number of hydrogen-bond donors (Lipinski definition) is 3. The first-order chi connectivity index (χ1) is 13.9. The van der Waals surface area contributed by atoms with Gasteiger partial charge in [-0.2, -0.15) is 5.10 Å². The van der Waals surface area contributed by atoms with Gasteiger partial charge < -0.3 is 5.32 Å². The molecule has 150 valence electrons. The van der Waals surface area contributed by atoms with Crippen LogP contribution in [0.5, 0.6) is 0 Å². The predicted octanol–water partition coefficient (Wildman–Crippen LogP) is 3.05. The molecule has 3 aromatic rings. The Balaban J connectivity index is 1.77. The molecule has 0 unspecified atom stereocenters. The van der Waals surface area contributed by atoms with Crippen LogP contribution in [0.1, 0.15) is 35.0 Å². The fraction of sp³-hybridized carbons (Fsp3) is 0.238. The molecule has 1 heterocycles. The van der Waals surface area contributed by atoms with E-state index in [2.05, 4.69) is 21.3 Å². The number of rotatable bonds is 4. The van der Waals surface area contributed by atoms with Crippen LogP contribution in [0.4, 0.5) is 5.69 Å². The van der Waals surface area contributed by atoms with Crippen molar-refractivity contribution in [3.8, 4) is 0 Å². The van der Waals surface area contributed by atoms with Gasteiger partial charge in [0.15, 0.2) is 10.8 Å². The minimum atomic E-state index is -0.477. The predicted molar refractivity (Wildman–Crippen MR) is 119 cm³/mol. The molecule has 0 atom stereocenters. The fourth-order valence-corrected chi connectivity index (χ4v) is 3.09. The van der Waals surface area contributed by atoms with Gasteiger partial charge in [0.25, 0.3) is 11.5 Å². The van der Waals surface area contributed by atoms with E-state index in [-0.39, 0.29) is 16.4 Å². The molecule has 3 N–H and O–H groups in total. The molecule has 0 fully saturated rings. The first-order valence-corrected chi connectivity index (χ1v) is 9.76. The molecule has 8 heteroatoms. The largest absolute Gasteiger partial charge is 0.331 e. The Morgan fingerprint density at radius 2 is 1.79 bits per heavy atom. The second kappa shape index (κ2) is 8.83. The summed E-state index contributed by atoms with van der Waals surface area (Å²) in [5.74, 6) is -0.477. The number of carbonyl (C=O) groups excluding carboxylic acids is 1. The van der Waals surface area contributed by atoms with Crippen LogP contribution in [0, 0.1) is 13.8 Å². The van der Waals surface area contributed by atoms with Crippen molar-refractivity contribution in [1.29, 1.82) is 0 Å². The third-order valence-corrected chi connectivity index (χ3v) is 4.78. The van der Waals surface area contributed by atoms with E-state index in [9.17, 15) is 9.59 Å². The third-order valence-electron chi connectivity index (χ3n) is 4.57. The maximum Gasteiger partial charge on any atom is 0.290 e. The zero-order valence-corrected chi connectivity index (χ0v) is 17.4. The fourth-order valence-electron chi connectivity index (χ4n) is 2.92. The van der Waals surface area contributed by atoms with Crippen molar-refractivity contribution in [1.82, 2.24) is 20.6 Å². The molecule has 0 saturated heterocycles. The summed E-state index contributed by atoms with van der Waals surface area (Å²) in [6.07, 6.45) is 0.731. The van der Waals surface area contributed by atoms with Crippen LogP contribution >= 0.6 is 12.2 Å². The van der Waals surface area contributed by atoms with E-state index < -0.39 is 5.91 Å². The SMILES string of the molecule is CCCn1nc(C(=O)NNC(=S)Nc2ccc(C)c(C)c2)c2ccccc2c1=O. The molecule has 0 spiro atoms. The molecule has 0 aliphatic carbocycles. The van der Waals surface area contributed by atoms with Crippen LogP contribution in [-0.4, -0.2) is 20.8 Å². The van der Waals surface area contributed by atoms with Gasteiger partial charge in [-0.1, -0.05) is 31.2 Å². The lowest BCUT2D eigenvalue weighted by atomic mass is 10.1. The van der Waals surface area contributed by atoms with E-state index in [1.165, 1.54) is 10.2 Å². The summed E-state index contributed by atoms with van der Waals surface area (Å²) in [5, 5.41) is 8.48. The van der Waals surface area contributed by atoms with Gasteiger partial charge in [-0.05, 0) is 61.8 Å². The van der Waals surface area contributed by atoms with E-state index in [0.29, 0.717) is 17.3 Å². The highest BCUT2D eigenvalue weighted by Gasteiger charge is 2.16. The van der Waals surface area contributed by atoms with E-state index in [4.69, 9.17) is 12.2 Å². The van der Waals surface area contributed by atoms with Gasteiger partial charge in [0.2, 0.25) is 0 Å². The molecule has 0 saturated carbocycles. The molecule has 2 aromatic carbocycles. The van der Waals surface area contributed by atoms with Gasteiger partial charge in [-0.3, -0.25) is 20.4 Å². The number of nitrogens with zero attached hydrogens (tertiary/aromatic N) is 2. The highest BCUT2D eigenvalue weighted by Crippen LogP contribution is 2.14. The molecule has 1 amide bonds. The van der Waals surface area contributed by atoms with Gasteiger partial charge in [0.05, 0.1) is 5.39 Å². The minimum absolute atomic E-state index is 0.162. The van der Waals surface area contributed by atoms with Crippen LogP contribution in [0.25, 0.3) is 10.8 Å². The molecule has 29 heavy (non-hydrogen) atoms. The highest BCUT2D eigenvalue weighted by molar-refractivity contribution is 7.80. The van der Waals surface area contributed by atoms with Crippen molar-refractivity contribution in [2.24, 2.45) is 0 Å². The van der Waals surface area contributed by atoms with Crippen molar-refractivity contribution in [2.45, 2.75) is 33.7 Å². The second-order valence-corrected chi connectivity index (χ2v) is 7.16. The van der Waals surface area contributed by atoms with Gasteiger partial charge in [0, 0.05) is 17.6 Å². The Labute approximate surface area is 174 Å². The molecular weight excluding hydrogens is 386 g/mol. The first kappa shape index (κ1) is 20.5. The van der Waals surface area contributed by atoms with Crippen molar-refractivity contribution in [3.05, 3.63) is 69.6 Å². The number of carbonyl (C=O) groups is 1. The summed E-state index contributed by atoms with van der Waals surface area (Å²) in [6.45, 7) is 6.43. The van der Waals surface area contributed by atoms with Crippen LogP contribution in [0.2, 0.25) is 0 Å². The topological polar surface area (TPSA) is 88.1 Å². The number of aryl methyl sites for hydroxylation is 3. The van der Waals surface area contributed by atoms with Crippen LogP contribution in [-0.2, 0) is 6.54 Å². The van der Waals surface area contributed by atoms with Crippen molar-refractivity contribution < 1.29 is 4.79 Å². The lowest BCUT2D eigenvalue weighted by Gasteiger charge is -2.14. The minimum Gasteiger partial charge on any atom is -0.331 e. The number of amides is 1. The number of fused-ring (bicyclic) bond motifs is 1. The molecular formula is C21H23N5O2S. The number of anilines is 1. The summed E-state index contributed by atoms with van der Waals surface area (Å²) >= 11 is 5.25. The number of thiocarbonyl (C=S) groups is 1. The molecule has 0 radical (unpaired) electrons. The smallest absolute Gasteiger partial charge is 0.290 e. The monoisotopic (exact) mass is 409 g/mol. The van der Waals surface area contributed by atoms with Crippen molar-refractivity contribution in [2.75, 3.05) is 5.32 Å². The van der Waals surface area contributed by atoms with Gasteiger partial charge in [-0.25, -0.2) is 4.68 Å². The van der Waals surface area contributed by atoms with E-state index >= 15 is 0 Å². The average Bonchev–Trinajstić information content (AvgIpc) is 2.71. The van der Waals surface area contributed by atoms with Gasteiger partial charge in [0.1, 0.15) is 0 Å². The zero-order chi connectivity index (χ0) is 21.0. The Morgan fingerprint density at radius 1 is 1.07 bits per heavy atom. The Bertz CT molecular complexity index is 1140.